The molecular formula is C21H20BrN3O3. The summed E-state index contributed by atoms with van der Waals surface area (Å²) in [5.41, 5.74) is 2.08. The lowest BCUT2D eigenvalue weighted by Gasteiger charge is -2.24. The van der Waals surface area contributed by atoms with Gasteiger partial charge in [0.15, 0.2) is 0 Å². The Morgan fingerprint density at radius 3 is 2.46 bits per heavy atom. The Bertz CT molecular complexity index is 955. The summed E-state index contributed by atoms with van der Waals surface area (Å²) in [6, 6.07) is 17.1. The zero-order chi connectivity index (χ0) is 20.1. The highest BCUT2D eigenvalue weighted by atomic mass is 79.9. The van der Waals surface area contributed by atoms with Gasteiger partial charge in [-0.15, -0.1) is 0 Å². The molecule has 1 aromatic heterocycles. The summed E-state index contributed by atoms with van der Waals surface area (Å²) in [6.07, 6.45) is 3.24. The maximum atomic E-state index is 13.1. The molecule has 3 rings (SSSR count). The molecule has 0 bridgehead atoms. The first kappa shape index (κ1) is 19.8. The van der Waals surface area contributed by atoms with E-state index in [2.05, 4.69) is 20.9 Å². The molecule has 2 aromatic carbocycles. The van der Waals surface area contributed by atoms with Crippen molar-refractivity contribution in [3.63, 3.8) is 0 Å². The second-order valence-corrected chi connectivity index (χ2v) is 7.47. The maximum absolute atomic E-state index is 13.1. The molecule has 0 fully saturated rings. The minimum Gasteiger partial charge on any atom is -0.481 e. The summed E-state index contributed by atoms with van der Waals surface area (Å²) in [6.45, 7) is 2.02. The van der Waals surface area contributed by atoms with Crippen molar-refractivity contribution in [3.05, 3.63) is 82.9 Å². The Hall–Kier alpha value is -2.93. The van der Waals surface area contributed by atoms with Crippen LogP contribution in [0.4, 0.5) is 0 Å². The molecule has 0 aliphatic carbocycles. The number of hydrogen-bond acceptors (Lipinski definition) is 3. The largest absolute Gasteiger partial charge is 0.481 e. The summed E-state index contributed by atoms with van der Waals surface area (Å²) in [4.78, 5) is 30.1. The lowest BCUT2D eigenvalue weighted by molar-refractivity contribution is -0.141. The molecule has 144 valence electrons. The Morgan fingerprint density at radius 1 is 1.14 bits per heavy atom. The second-order valence-electron chi connectivity index (χ2n) is 6.55. The number of aliphatic carboxylic acids is 1. The van der Waals surface area contributed by atoms with E-state index >= 15 is 0 Å². The molecule has 0 aliphatic heterocycles. The monoisotopic (exact) mass is 441 g/mol. The van der Waals surface area contributed by atoms with Gasteiger partial charge in [-0.05, 0) is 29.8 Å². The number of carboxylic acids is 1. The predicted octanol–water partition coefficient (Wildman–Crippen LogP) is 4.00. The average Bonchev–Trinajstić information content (AvgIpc) is 3.18. The third-order valence-electron chi connectivity index (χ3n) is 4.35. The highest BCUT2D eigenvalue weighted by molar-refractivity contribution is 9.10. The lowest BCUT2D eigenvalue weighted by Crippen LogP contribution is -2.36. The van der Waals surface area contributed by atoms with E-state index in [1.54, 1.807) is 24.0 Å². The fraction of sp³-hybridized carbons (Fsp3) is 0.190. The standard InChI is InChI=1S/C21H20BrN3O3/c1-15(21(27)28)11-24(12-16-5-3-2-4-6-16)20(26)19-13-25(14-23-19)18-9-7-17(22)8-10-18/h2-10,13-15H,11-12H2,1H3,(H,27,28). The third-order valence-corrected chi connectivity index (χ3v) is 4.87. The van der Waals surface area contributed by atoms with Gasteiger partial charge in [-0.3, -0.25) is 9.59 Å². The van der Waals surface area contributed by atoms with Crippen LogP contribution in [0.15, 0.2) is 71.6 Å². The number of amides is 1. The van der Waals surface area contributed by atoms with Crippen molar-refractivity contribution in [2.24, 2.45) is 5.92 Å². The molecule has 0 saturated heterocycles. The topological polar surface area (TPSA) is 75.4 Å². The van der Waals surface area contributed by atoms with Gasteiger partial charge in [-0.25, -0.2) is 4.98 Å². The van der Waals surface area contributed by atoms with E-state index in [-0.39, 0.29) is 18.1 Å². The predicted molar refractivity (Wildman–Crippen MR) is 109 cm³/mol. The minimum absolute atomic E-state index is 0.105. The van der Waals surface area contributed by atoms with Crippen LogP contribution in [0.1, 0.15) is 23.0 Å². The molecule has 28 heavy (non-hydrogen) atoms. The molecule has 1 unspecified atom stereocenters. The van der Waals surface area contributed by atoms with E-state index in [1.807, 2.05) is 54.6 Å². The van der Waals surface area contributed by atoms with Crippen molar-refractivity contribution in [1.82, 2.24) is 14.5 Å². The number of imidazole rings is 1. The summed E-state index contributed by atoms with van der Waals surface area (Å²) in [5, 5.41) is 9.26. The SMILES string of the molecule is CC(CN(Cc1ccccc1)C(=O)c1cn(-c2ccc(Br)cc2)cn1)C(=O)O. The molecule has 6 nitrogen and oxygen atoms in total. The number of carboxylic acid groups (broad SMARTS) is 1. The molecular weight excluding hydrogens is 422 g/mol. The van der Waals surface area contributed by atoms with Crippen molar-refractivity contribution in [3.8, 4) is 5.69 Å². The highest BCUT2D eigenvalue weighted by Crippen LogP contribution is 2.16. The number of rotatable bonds is 7. The Balaban J connectivity index is 1.83. The molecule has 3 aromatic rings. The molecule has 1 atom stereocenters. The van der Waals surface area contributed by atoms with Gasteiger partial charge in [-0.2, -0.15) is 0 Å². The zero-order valence-electron chi connectivity index (χ0n) is 15.3. The summed E-state index contributed by atoms with van der Waals surface area (Å²) in [7, 11) is 0. The second kappa shape index (κ2) is 8.84. The number of carbonyl (C=O) groups excluding carboxylic acids is 1. The van der Waals surface area contributed by atoms with Gasteiger partial charge in [0.1, 0.15) is 12.0 Å². The third kappa shape index (κ3) is 4.86. The molecule has 0 saturated carbocycles. The van der Waals surface area contributed by atoms with Crippen LogP contribution < -0.4 is 0 Å². The Kier molecular flexibility index (Phi) is 6.26. The van der Waals surface area contributed by atoms with Crippen LogP contribution in [0.2, 0.25) is 0 Å². The first-order valence-corrected chi connectivity index (χ1v) is 9.59. The van der Waals surface area contributed by atoms with Crippen LogP contribution >= 0.6 is 15.9 Å². The fourth-order valence-electron chi connectivity index (χ4n) is 2.78. The van der Waals surface area contributed by atoms with Gasteiger partial charge in [0.2, 0.25) is 0 Å². The normalized spacial score (nSPS) is 11.8. The van der Waals surface area contributed by atoms with Gasteiger partial charge in [0.05, 0.1) is 5.92 Å². The first-order valence-electron chi connectivity index (χ1n) is 8.80. The van der Waals surface area contributed by atoms with E-state index in [0.29, 0.717) is 6.54 Å². The van der Waals surface area contributed by atoms with Gasteiger partial charge in [0.25, 0.3) is 5.91 Å². The number of hydrogen-bond donors (Lipinski definition) is 1. The number of benzene rings is 2. The molecule has 7 heteroatoms. The molecule has 0 spiro atoms. The number of halogens is 1. The van der Waals surface area contributed by atoms with Gasteiger partial charge < -0.3 is 14.6 Å². The van der Waals surface area contributed by atoms with Crippen LogP contribution in [0.3, 0.4) is 0 Å². The van der Waals surface area contributed by atoms with Gasteiger partial charge >= 0.3 is 5.97 Å². The summed E-state index contributed by atoms with van der Waals surface area (Å²) >= 11 is 3.40. The van der Waals surface area contributed by atoms with Crippen molar-refractivity contribution < 1.29 is 14.7 Å². The molecule has 0 radical (unpaired) electrons. The summed E-state index contributed by atoms with van der Waals surface area (Å²) in [5.74, 6) is -1.92. The molecule has 1 amide bonds. The average molecular weight is 442 g/mol. The zero-order valence-corrected chi connectivity index (χ0v) is 16.9. The highest BCUT2D eigenvalue weighted by Gasteiger charge is 2.23. The Labute approximate surface area is 171 Å². The fourth-order valence-corrected chi connectivity index (χ4v) is 3.05. The molecule has 0 aliphatic rings. The number of carbonyl (C=O) groups is 2. The van der Waals surface area contributed by atoms with Crippen LogP contribution in [-0.4, -0.2) is 38.0 Å². The number of aromatic nitrogens is 2. The smallest absolute Gasteiger partial charge is 0.308 e. The minimum atomic E-state index is -0.939. The van der Waals surface area contributed by atoms with Crippen LogP contribution in [0.25, 0.3) is 5.69 Å². The van der Waals surface area contributed by atoms with E-state index in [1.165, 1.54) is 4.90 Å². The number of nitrogens with zero attached hydrogens (tertiary/aromatic N) is 3. The Morgan fingerprint density at radius 2 is 1.82 bits per heavy atom. The van der Waals surface area contributed by atoms with Crippen LogP contribution in [0.5, 0.6) is 0 Å². The summed E-state index contributed by atoms with van der Waals surface area (Å²) < 4.78 is 2.73. The van der Waals surface area contributed by atoms with E-state index < -0.39 is 11.9 Å². The van der Waals surface area contributed by atoms with Gasteiger partial charge in [-0.1, -0.05) is 53.2 Å². The van der Waals surface area contributed by atoms with E-state index in [4.69, 9.17) is 0 Å². The van der Waals surface area contributed by atoms with E-state index in [0.717, 1.165) is 15.7 Å². The quantitative estimate of drug-likeness (QED) is 0.600. The van der Waals surface area contributed by atoms with Crippen molar-refractivity contribution in [1.29, 1.82) is 0 Å². The maximum Gasteiger partial charge on any atom is 0.308 e. The van der Waals surface area contributed by atoms with Crippen LogP contribution in [-0.2, 0) is 11.3 Å². The lowest BCUT2D eigenvalue weighted by atomic mass is 10.1. The first-order chi connectivity index (χ1) is 13.4. The molecule has 1 heterocycles. The molecule has 1 N–H and O–H groups in total. The van der Waals surface area contributed by atoms with Crippen LogP contribution in [0, 0.1) is 5.92 Å². The van der Waals surface area contributed by atoms with Crippen molar-refractivity contribution in [2.75, 3.05) is 6.54 Å². The van der Waals surface area contributed by atoms with Gasteiger partial charge in [0, 0.05) is 29.4 Å². The van der Waals surface area contributed by atoms with E-state index in [9.17, 15) is 14.7 Å². The van der Waals surface area contributed by atoms with Crippen molar-refractivity contribution >= 4 is 27.8 Å². The van der Waals surface area contributed by atoms with Crippen molar-refractivity contribution in [2.45, 2.75) is 13.5 Å².